The van der Waals surface area contributed by atoms with Gasteiger partial charge in [-0.05, 0) is 113 Å². The molecule has 0 unspecified atom stereocenters. The average Bonchev–Trinajstić information content (AvgIpc) is 2.85. The standard InChI is InChI=1S/C31H44N4O4/c1-20-5-7-25-24(6-8-26(33-25)32-9-10-35(30(2,3)4)29(38)39-12-11-36)28(20)34-27(37)19-31-16-21-13-22(17-31)15-23(14-21)18-31/h5-8,21-23,36H,9-19H2,1-4H3,(H,32,33)(H,34,37). The van der Waals surface area contributed by atoms with Crippen molar-refractivity contribution in [3.8, 4) is 0 Å². The fourth-order valence-corrected chi connectivity index (χ4v) is 7.82. The smallest absolute Gasteiger partial charge is 0.410 e. The Kier molecular flexibility index (Phi) is 7.77. The summed E-state index contributed by atoms with van der Waals surface area (Å²) in [5, 5.41) is 16.5. The van der Waals surface area contributed by atoms with Crippen LogP contribution in [0, 0.1) is 30.1 Å². The van der Waals surface area contributed by atoms with Crippen LogP contribution in [0.2, 0.25) is 0 Å². The highest BCUT2D eigenvalue weighted by molar-refractivity contribution is 6.02. The Morgan fingerprint density at radius 2 is 1.74 bits per heavy atom. The van der Waals surface area contributed by atoms with Gasteiger partial charge >= 0.3 is 6.09 Å². The number of fused-ring (bicyclic) bond motifs is 1. The van der Waals surface area contributed by atoms with E-state index in [-0.39, 0.29) is 24.5 Å². The highest BCUT2D eigenvalue weighted by Crippen LogP contribution is 2.61. The van der Waals surface area contributed by atoms with E-state index < -0.39 is 11.6 Å². The topological polar surface area (TPSA) is 104 Å². The zero-order valence-electron chi connectivity index (χ0n) is 23.9. The Hall–Kier alpha value is -2.87. The molecule has 0 saturated heterocycles. The van der Waals surface area contributed by atoms with E-state index in [1.807, 2.05) is 52.0 Å². The van der Waals surface area contributed by atoms with E-state index in [2.05, 4.69) is 10.6 Å². The molecule has 4 fully saturated rings. The van der Waals surface area contributed by atoms with Gasteiger partial charge in [-0.3, -0.25) is 4.79 Å². The van der Waals surface area contributed by atoms with Gasteiger partial charge < -0.3 is 25.4 Å². The van der Waals surface area contributed by atoms with Crippen LogP contribution in [0.3, 0.4) is 0 Å². The summed E-state index contributed by atoms with van der Waals surface area (Å²) < 4.78 is 5.13. The largest absolute Gasteiger partial charge is 0.447 e. The summed E-state index contributed by atoms with van der Waals surface area (Å²) in [6.07, 6.45) is 8.00. The summed E-state index contributed by atoms with van der Waals surface area (Å²) in [5.41, 5.74) is 2.48. The van der Waals surface area contributed by atoms with Crippen molar-refractivity contribution in [1.29, 1.82) is 0 Å². The van der Waals surface area contributed by atoms with Gasteiger partial charge in [0.05, 0.1) is 17.8 Å². The number of nitrogens with one attached hydrogen (secondary N) is 2. The number of amides is 2. The van der Waals surface area contributed by atoms with Gasteiger partial charge in [0, 0.05) is 30.4 Å². The molecule has 6 rings (SSSR count). The number of benzene rings is 1. The zero-order chi connectivity index (χ0) is 27.8. The number of hydrogen-bond donors (Lipinski definition) is 3. The number of aromatic nitrogens is 1. The molecule has 212 valence electrons. The fraction of sp³-hybridized carbons (Fsp3) is 0.645. The number of hydrogen-bond acceptors (Lipinski definition) is 6. The summed E-state index contributed by atoms with van der Waals surface area (Å²) in [7, 11) is 0. The van der Waals surface area contributed by atoms with Crippen LogP contribution in [0.4, 0.5) is 16.3 Å². The molecular formula is C31H44N4O4. The van der Waals surface area contributed by atoms with Gasteiger partial charge in [0.2, 0.25) is 5.91 Å². The lowest BCUT2D eigenvalue weighted by Gasteiger charge is -2.56. The lowest BCUT2D eigenvalue weighted by Crippen LogP contribution is -2.48. The first kappa shape index (κ1) is 27.7. The van der Waals surface area contributed by atoms with Gasteiger partial charge in [0.1, 0.15) is 12.4 Å². The van der Waals surface area contributed by atoms with Crippen LogP contribution < -0.4 is 10.6 Å². The van der Waals surface area contributed by atoms with Gasteiger partial charge in [-0.25, -0.2) is 9.78 Å². The molecule has 1 aromatic heterocycles. The summed E-state index contributed by atoms with van der Waals surface area (Å²) in [4.78, 5) is 32.2. The van der Waals surface area contributed by atoms with Crippen molar-refractivity contribution in [2.45, 2.75) is 78.2 Å². The number of ether oxygens (including phenoxy) is 1. The summed E-state index contributed by atoms with van der Waals surface area (Å²) in [6.45, 7) is 8.56. The van der Waals surface area contributed by atoms with Crippen molar-refractivity contribution in [2.24, 2.45) is 23.2 Å². The molecule has 0 radical (unpaired) electrons. The minimum atomic E-state index is -0.450. The van der Waals surface area contributed by atoms with E-state index in [9.17, 15) is 9.59 Å². The number of anilines is 2. The number of nitrogens with zero attached hydrogens (tertiary/aromatic N) is 2. The van der Waals surface area contributed by atoms with Crippen molar-refractivity contribution in [3.05, 3.63) is 29.8 Å². The number of rotatable bonds is 9. The SMILES string of the molecule is Cc1ccc2nc(NCCN(C(=O)OCCO)C(C)(C)C)ccc2c1NC(=O)CC12CC3CC(CC(C3)C1)C2. The lowest BCUT2D eigenvalue weighted by atomic mass is 9.49. The molecule has 4 aliphatic carbocycles. The number of carbonyl (C=O) groups excluding carboxylic acids is 2. The third kappa shape index (κ3) is 6.16. The fourth-order valence-electron chi connectivity index (χ4n) is 7.82. The maximum Gasteiger partial charge on any atom is 0.410 e. The molecule has 39 heavy (non-hydrogen) atoms. The van der Waals surface area contributed by atoms with E-state index in [4.69, 9.17) is 14.8 Å². The Labute approximate surface area is 231 Å². The molecule has 4 bridgehead atoms. The molecule has 1 aromatic carbocycles. The second kappa shape index (κ2) is 11.0. The Morgan fingerprint density at radius 1 is 1.08 bits per heavy atom. The first-order valence-corrected chi connectivity index (χ1v) is 14.5. The molecule has 0 atom stereocenters. The highest BCUT2D eigenvalue weighted by Gasteiger charge is 2.51. The van der Waals surface area contributed by atoms with Crippen molar-refractivity contribution < 1.29 is 19.4 Å². The number of aliphatic hydroxyl groups is 1. The van der Waals surface area contributed by atoms with Gasteiger partial charge in [-0.2, -0.15) is 0 Å². The molecule has 0 spiro atoms. The second-order valence-corrected chi connectivity index (χ2v) is 13.3. The quantitative estimate of drug-likeness (QED) is 0.378. The molecule has 8 heteroatoms. The third-order valence-electron chi connectivity index (χ3n) is 9.03. The van der Waals surface area contributed by atoms with Crippen LogP contribution >= 0.6 is 0 Å². The third-order valence-corrected chi connectivity index (χ3v) is 9.03. The van der Waals surface area contributed by atoms with Crippen LogP contribution in [0.15, 0.2) is 24.3 Å². The van der Waals surface area contributed by atoms with Crippen LogP contribution in [0.25, 0.3) is 10.9 Å². The number of pyridine rings is 1. The molecule has 3 N–H and O–H groups in total. The number of aryl methyl sites for hydroxylation is 1. The van der Waals surface area contributed by atoms with Crippen LogP contribution in [-0.2, 0) is 9.53 Å². The second-order valence-electron chi connectivity index (χ2n) is 13.3. The monoisotopic (exact) mass is 536 g/mol. The molecule has 2 amide bonds. The van der Waals surface area contributed by atoms with Crippen LogP contribution in [0.5, 0.6) is 0 Å². The molecule has 0 aliphatic heterocycles. The number of carbonyl (C=O) groups is 2. The summed E-state index contributed by atoms with van der Waals surface area (Å²) >= 11 is 0. The van der Waals surface area contributed by atoms with Gasteiger partial charge in [-0.15, -0.1) is 0 Å². The lowest BCUT2D eigenvalue weighted by molar-refractivity contribution is -0.124. The molecular weight excluding hydrogens is 492 g/mol. The molecule has 8 nitrogen and oxygen atoms in total. The minimum absolute atomic E-state index is 0.0219. The van der Waals surface area contributed by atoms with Crippen molar-refractivity contribution in [2.75, 3.05) is 36.9 Å². The zero-order valence-corrected chi connectivity index (χ0v) is 23.9. The van der Waals surface area contributed by atoms with E-state index in [1.165, 1.54) is 38.5 Å². The maximum absolute atomic E-state index is 13.4. The maximum atomic E-state index is 13.4. The first-order valence-electron chi connectivity index (χ1n) is 14.5. The normalized spacial score (nSPS) is 25.5. The molecule has 1 heterocycles. The van der Waals surface area contributed by atoms with Gasteiger partial charge in [0.25, 0.3) is 0 Å². The predicted octanol–water partition coefficient (Wildman–Crippen LogP) is 5.73. The van der Waals surface area contributed by atoms with Crippen molar-refractivity contribution in [1.82, 2.24) is 9.88 Å². The summed E-state index contributed by atoms with van der Waals surface area (Å²) in [5.74, 6) is 3.33. The first-order chi connectivity index (χ1) is 18.5. The summed E-state index contributed by atoms with van der Waals surface area (Å²) in [6, 6.07) is 7.92. The highest BCUT2D eigenvalue weighted by atomic mass is 16.6. The van der Waals surface area contributed by atoms with Crippen LogP contribution in [0.1, 0.15) is 71.3 Å². The van der Waals surface area contributed by atoms with Crippen LogP contribution in [-0.4, -0.2) is 58.8 Å². The van der Waals surface area contributed by atoms with E-state index in [0.717, 1.165) is 39.9 Å². The molecule has 4 aliphatic rings. The van der Waals surface area contributed by atoms with Gasteiger partial charge in [-0.1, -0.05) is 6.07 Å². The van der Waals surface area contributed by atoms with E-state index in [0.29, 0.717) is 25.3 Å². The van der Waals surface area contributed by atoms with Crippen molar-refractivity contribution in [3.63, 3.8) is 0 Å². The van der Waals surface area contributed by atoms with E-state index >= 15 is 0 Å². The van der Waals surface area contributed by atoms with Gasteiger partial charge in [0.15, 0.2) is 0 Å². The van der Waals surface area contributed by atoms with Crippen molar-refractivity contribution >= 4 is 34.4 Å². The average molecular weight is 537 g/mol. The predicted molar refractivity (Wildman–Crippen MR) is 154 cm³/mol. The Morgan fingerprint density at radius 3 is 2.36 bits per heavy atom. The Balaban J connectivity index is 1.24. The molecule has 2 aromatic rings. The Bertz CT molecular complexity index is 1190. The minimum Gasteiger partial charge on any atom is -0.447 e. The number of aliphatic hydroxyl groups excluding tert-OH is 1. The molecule has 4 saturated carbocycles. The van der Waals surface area contributed by atoms with E-state index in [1.54, 1.807) is 4.90 Å².